The summed E-state index contributed by atoms with van der Waals surface area (Å²) in [6, 6.07) is 17.5. The Morgan fingerprint density at radius 1 is 1.10 bits per heavy atom. The van der Waals surface area contributed by atoms with Crippen LogP contribution < -0.4 is 15.2 Å². The van der Waals surface area contributed by atoms with Crippen LogP contribution in [0.25, 0.3) is 27.2 Å². The van der Waals surface area contributed by atoms with Gasteiger partial charge in [-0.2, -0.15) is 0 Å². The molecule has 0 radical (unpaired) electrons. The topological polar surface area (TPSA) is 95.5 Å². The Kier molecular flexibility index (Phi) is 7.66. The van der Waals surface area contributed by atoms with Gasteiger partial charge < -0.3 is 20.1 Å². The van der Waals surface area contributed by atoms with Crippen LogP contribution in [0.1, 0.15) is 41.1 Å². The Balaban J connectivity index is 1.26. The van der Waals surface area contributed by atoms with Gasteiger partial charge in [0, 0.05) is 42.7 Å². The Hall–Kier alpha value is -3.92. The summed E-state index contributed by atoms with van der Waals surface area (Å²) in [4.78, 5) is 23.9. The van der Waals surface area contributed by atoms with E-state index in [0.29, 0.717) is 21.4 Å². The predicted molar refractivity (Wildman–Crippen MR) is 162 cm³/mol. The highest BCUT2D eigenvalue weighted by atomic mass is 35.5. The third-order valence-corrected chi connectivity index (χ3v) is 8.92. The van der Waals surface area contributed by atoms with Crippen molar-refractivity contribution in [2.45, 2.75) is 32.0 Å². The number of hydrogen-bond donors (Lipinski definition) is 1. The number of carbonyl (C=O) groups excluding carboxylic acids is 1. The minimum Gasteiger partial charge on any atom is -0.489 e. The first-order valence-corrected chi connectivity index (χ1v) is 14.7. The fourth-order valence-electron chi connectivity index (χ4n) is 5.11. The molecule has 1 fully saturated rings. The molecule has 6 rings (SSSR count). The van der Waals surface area contributed by atoms with E-state index in [0.717, 1.165) is 58.7 Å². The van der Waals surface area contributed by atoms with Gasteiger partial charge in [-0.1, -0.05) is 35.9 Å². The second-order valence-corrected chi connectivity index (χ2v) is 11.7. The summed E-state index contributed by atoms with van der Waals surface area (Å²) in [5.41, 5.74) is 10.3. The molecule has 1 saturated heterocycles. The second-order valence-electron chi connectivity index (χ2n) is 10.2. The van der Waals surface area contributed by atoms with Crippen LogP contribution in [0.4, 0.5) is 0 Å². The van der Waals surface area contributed by atoms with Gasteiger partial charge in [0.15, 0.2) is 0 Å². The number of likely N-dealkylation sites (tertiary alicyclic amines) is 1. The quantitative estimate of drug-likeness (QED) is 0.222. The lowest BCUT2D eigenvalue weighted by atomic mass is 10.1. The van der Waals surface area contributed by atoms with Crippen LogP contribution in [0.2, 0.25) is 5.02 Å². The number of amides is 1. The molecule has 8 nitrogen and oxygen atoms in total. The number of piperidine rings is 1. The molecular weight excluding hydrogens is 558 g/mol. The van der Waals surface area contributed by atoms with E-state index in [1.165, 1.54) is 11.3 Å². The molecular formula is C31H30ClN5O3S. The Bertz CT molecular complexity index is 1690. The molecule has 1 amide bonds. The molecule has 41 heavy (non-hydrogen) atoms. The van der Waals surface area contributed by atoms with E-state index in [-0.39, 0.29) is 6.10 Å². The van der Waals surface area contributed by atoms with Crippen LogP contribution in [0.5, 0.6) is 11.5 Å². The Morgan fingerprint density at radius 3 is 2.68 bits per heavy atom. The number of pyridine rings is 1. The molecule has 2 N–H and O–H groups in total. The number of nitrogens with two attached hydrogens (primary N) is 1. The maximum Gasteiger partial charge on any atom is 0.262 e. The van der Waals surface area contributed by atoms with Crippen molar-refractivity contribution in [3.05, 3.63) is 88.8 Å². The monoisotopic (exact) mass is 587 g/mol. The minimum atomic E-state index is -0.558. The number of thiophene rings is 1. The highest BCUT2D eigenvalue weighted by Gasteiger charge is 2.24. The molecule has 210 valence electrons. The average Bonchev–Trinajstić information content (AvgIpc) is 3.59. The number of aromatic nitrogens is 3. The molecule has 0 saturated carbocycles. The minimum absolute atomic E-state index is 0.126. The third-order valence-electron chi connectivity index (χ3n) is 7.38. The summed E-state index contributed by atoms with van der Waals surface area (Å²) >= 11 is 8.07. The number of fused-ring (bicyclic) bond motifs is 1. The van der Waals surface area contributed by atoms with Crippen LogP contribution in [0.15, 0.2) is 73.3 Å². The first kappa shape index (κ1) is 27.3. The van der Waals surface area contributed by atoms with Crippen molar-refractivity contribution in [1.29, 1.82) is 0 Å². The largest absolute Gasteiger partial charge is 0.489 e. The molecule has 5 aromatic rings. The number of halogens is 1. The number of carbonyl (C=O) groups is 1. The van der Waals surface area contributed by atoms with Crippen molar-refractivity contribution in [3.63, 3.8) is 0 Å². The first-order chi connectivity index (χ1) is 19.9. The standard InChI is InChI=1S/C31H30ClN5O3S/c1-19(23-6-3-7-26(29(23)32)40-22-10-13-36(2)14-11-22)39-27-16-28(41-30(27)31(33)38)37-18-35-24-15-20(8-9-25(24)37)21-5-4-12-34-17-21/h3-9,12,15-19,22H,10-11,13-14H2,1-2H3,(H2,33,38)/t19-/m1/s1. The van der Waals surface area contributed by atoms with E-state index in [2.05, 4.69) is 21.9 Å². The molecule has 1 aliphatic heterocycles. The molecule has 0 unspecified atom stereocenters. The molecule has 10 heteroatoms. The highest BCUT2D eigenvalue weighted by molar-refractivity contribution is 7.16. The summed E-state index contributed by atoms with van der Waals surface area (Å²) in [6.45, 7) is 3.89. The van der Waals surface area contributed by atoms with E-state index in [1.807, 2.05) is 72.3 Å². The van der Waals surface area contributed by atoms with Crippen LogP contribution in [-0.2, 0) is 0 Å². The lowest BCUT2D eigenvalue weighted by Crippen LogP contribution is -2.35. The SMILES string of the molecule is C[C@@H](Oc1cc(-n2cnc3cc(-c4cccnc4)ccc32)sc1C(N)=O)c1cccc(OC2CCN(C)CC2)c1Cl. The zero-order valence-corrected chi connectivity index (χ0v) is 24.4. The zero-order chi connectivity index (χ0) is 28.5. The Morgan fingerprint density at radius 2 is 1.93 bits per heavy atom. The number of imidazole rings is 1. The van der Waals surface area contributed by atoms with Gasteiger partial charge in [0.2, 0.25) is 0 Å². The van der Waals surface area contributed by atoms with Gasteiger partial charge in [-0.3, -0.25) is 14.3 Å². The highest BCUT2D eigenvalue weighted by Crippen LogP contribution is 2.39. The number of hydrogen-bond acceptors (Lipinski definition) is 7. The van der Waals surface area contributed by atoms with Gasteiger partial charge in [0.1, 0.15) is 39.9 Å². The summed E-state index contributed by atoms with van der Waals surface area (Å²) in [7, 11) is 2.12. The van der Waals surface area contributed by atoms with Gasteiger partial charge >= 0.3 is 0 Å². The molecule has 1 aliphatic rings. The van der Waals surface area contributed by atoms with Crippen molar-refractivity contribution >= 4 is 39.9 Å². The molecule has 0 aliphatic carbocycles. The van der Waals surface area contributed by atoms with E-state index in [1.54, 1.807) is 12.5 Å². The fourth-order valence-corrected chi connectivity index (χ4v) is 6.36. The lowest BCUT2D eigenvalue weighted by molar-refractivity contribution is 0.0998. The maximum atomic E-state index is 12.4. The predicted octanol–water partition coefficient (Wildman–Crippen LogP) is 6.51. The van der Waals surface area contributed by atoms with Gasteiger partial charge in [0.05, 0.1) is 16.1 Å². The van der Waals surface area contributed by atoms with Crippen molar-refractivity contribution in [2.24, 2.45) is 5.73 Å². The number of primary amides is 1. The molecule has 0 bridgehead atoms. The molecule has 0 spiro atoms. The van der Waals surface area contributed by atoms with E-state index < -0.39 is 12.0 Å². The molecule has 4 heterocycles. The Labute approximate surface area is 247 Å². The number of ether oxygens (including phenoxy) is 2. The average molecular weight is 588 g/mol. The summed E-state index contributed by atoms with van der Waals surface area (Å²) in [5, 5.41) is 1.28. The fraction of sp³-hybridized carbons (Fsp3) is 0.258. The number of rotatable bonds is 8. The van der Waals surface area contributed by atoms with Crippen LogP contribution >= 0.6 is 22.9 Å². The van der Waals surface area contributed by atoms with Crippen LogP contribution in [0, 0.1) is 0 Å². The lowest BCUT2D eigenvalue weighted by Gasteiger charge is -2.30. The number of nitrogens with zero attached hydrogens (tertiary/aromatic N) is 4. The number of benzene rings is 2. The summed E-state index contributed by atoms with van der Waals surface area (Å²) in [5.74, 6) is 0.486. The van der Waals surface area contributed by atoms with Crippen LogP contribution in [0.3, 0.4) is 0 Å². The molecule has 2 aromatic carbocycles. The maximum absolute atomic E-state index is 12.4. The first-order valence-electron chi connectivity index (χ1n) is 13.5. The molecule has 1 atom stereocenters. The van der Waals surface area contributed by atoms with E-state index in [4.69, 9.17) is 26.8 Å². The smallest absolute Gasteiger partial charge is 0.262 e. The summed E-state index contributed by atoms with van der Waals surface area (Å²) < 4.78 is 14.5. The van der Waals surface area contributed by atoms with E-state index in [9.17, 15) is 4.79 Å². The van der Waals surface area contributed by atoms with Crippen LogP contribution in [-0.4, -0.2) is 51.6 Å². The van der Waals surface area contributed by atoms with Crippen molar-refractivity contribution in [1.82, 2.24) is 19.4 Å². The van der Waals surface area contributed by atoms with Gasteiger partial charge in [-0.25, -0.2) is 4.98 Å². The normalized spacial score (nSPS) is 15.2. The van der Waals surface area contributed by atoms with E-state index >= 15 is 0 Å². The molecule has 3 aromatic heterocycles. The van der Waals surface area contributed by atoms with Gasteiger partial charge in [-0.05, 0) is 56.6 Å². The van der Waals surface area contributed by atoms with Crippen molar-refractivity contribution in [2.75, 3.05) is 20.1 Å². The third kappa shape index (κ3) is 5.66. The van der Waals surface area contributed by atoms with Crippen molar-refractivity contribution < 1.29 is 14.3 Å². The van der Waals surface area contributed by atoms with Gasteiger partial charge in [-0.15, -0.1) is 11.3 Å². The van der Waals surface area contributed by atoms with Gasteiger partial charge in [0.25, 0.3) is 5.91 Å². The second kappa shape index (κ2) is 11.5. The zero-order valence-electron chi connectivity index (χ0n) is 22.8. The summed E-state index contributed by atoms with van der Waals surface area (Å²) in [6.07, 6.45) is 6.89. The van der Waals surface area contributed by atoms with Crippen molar-refractivity contribution in [3.8, 4) is 27.6 Å².